The van der Waals surface area contributed by atoms with Gasteiger partial charge in [-0.2, -0.15) is 13.2 Å². The quantitative estimate of drug-likeness (QED) is 0.601. The number of aromatic nitrogens is 1. The Morgan fingerprint density at radius 1 is 1.32 bits per heavy atom. The third-order valence-corrected chi connectivity index (χ3v) is 4.72. The van der Waals surface area contributed by atoms with Crippen LogP contribution in [0, 0.1) is 0 Å². The molecule has 1 aromatic heterocycles. The molecule has 2 aromatic rings. The van der Waals surface area contributed by atoms with E-state index in [9.17, 15) is 18.0 Å². The molecular weight excluding hydrogens is 391 g/mol. The Morgan fingerprint density at radius 2 is 2.07 bits per heavy atom. The maximum atomic E-state index is 12.3. The maximum absolute atomic E-state index is 12.3. The average Bonchev–Trinajstić information content (AvgIpc) is 3.06. The molecule has 0 fully saturated rings. The summed E-state index contributed by atoms with van der Waals surface area (Å²) >= 11 is 1.44. The zero-order valence-electron chi connectivity index (χ0n) is 15.9. The van der Waals surface area contributed by atoms with Crippen molar-refractivity contribution in [2.45, 2.75) is 25.9 Å². The van der Waals surface area contributed by atoms with Gasteiger partial charge in [0.1, 0.15) is 10.8 Å². The minimum Gasteiger partial charge on any atom is -0.493 e. The molecular formula is C19H24F3N3O2S. The molecule has 0 spiro atoms. The summed E-state index contributed by atoms with van der Waals surface area (Å²) in [4.78, 5) is 17.7. The summed E-state index contributed by atoms with van der Waals surface area (Å²) in [6, 6.07) is 7.59. The number of nitrogens with one attached hydrogen (secondary N) is 1. The third kappa shape index (κ3) is 7.47. The van der Waals surface area contributed by atoms with Gasteiger partial charge in [0, 0.05) is 11.9 Å². The van der Waals surface area contributed by atoms with E-state index in [-0.39, 0.29) is 18.9 Å². The molecule has 2 rings (SSSR count). The summed E-state index contributed by atoms with van der Waals surface area (Å²) in [5.41, 5.74) is 1.53. The van der Waals surface area contributed by atoms with Crippen molar-refractivity contribution in [1.29, 1.82) is 0 Å². The van der Waals surface area contributed by atoms with Gasteiger partial charge in [0.15, 0.2) is 0 Å². The lowest BCUT2D eigenvalue weighted by molar-refractivity contribution is -0.143. The fourth-order valence-corrected chi connectivity index (χ4v) is 3.47. The molecule has 0 bridgehead atoms. The SMILES string of the molecule is CCOc1ccccc1-c1nc(CC(=O)NCCCN(C)CC(F)(F)F)cs1. The number of carbonyl (C=O) groups excluding carboxylic acids is 1. The molecule has 0 aliphatic carbocycles. The largest absolute Gasteiger partial charge is 0.493 e. The van der Waals surface area contributed by atoms with Gasteiger partial charge < -0.3 is 10.1 Å². The Kier molecular flexibility index (Phi) is 8.25. The van der Waals surface area contributed by atoms with Crippen molar-refractivity contribution in [3.05, 3.63) is 35.3 Å². The van der Waals surface area contributed by atoms with Crippen molar-refractivity contribution in [3.8, 4) is 16.3 Å². The second kappa shape index (κ2) is 10.4. The summed E-state index contributed by atoms with van der Waals surface area (Å²) in [7, 11) is 1.41. The second-order valence-electron chi connectivity index (χ2n) is 6.31. The standard InChI is InChI=1S/C19H24F3N3O2S/c1-3-27-16-8-5-4-7-15(16)18-24-14(12-28-18)11-17(26)23-9-6-10-25(2)13-19(20,21)22/h4-5,7-8,12H,3,6,9-11,13H2,1-2H3,(H,23,26). The van der Waals surface area contributed by atoms with E-state index in [0.717, 1.165) is 16.3 Å². The molecule has 5 nitrogen and oxygen atoms in total. The molecule has 0 aliphatic rings. The van der Waals surface area contributed by atoms with Crippen LogP contribution in [0.25, 0.3) is 10.6 Å². The van der Waals surface area contributed by atoms with Gasteiger partial charge in [-0.15, -0.1) is 11.3 Å². The molecule has 0 saturated carbocycles. The first-order valence-corrected chi connectivity index (χ1v) is 9.85. The molecule has 1 aromatic carbocycles. The number of rotatable bonds is 10. The van der Waals surface area contributed by atoms with Gasteiger partial charge in [0.25, 0.3) is 0 Å². The van der Waals surface area contributed by atoms with E-state index in [1.165, 1.54) is 23.3 Å². The van der Waals surface area contributed by atoms with Crippen molar-refractivity contribution in [2.24, 2.45) is 0 Å². The lowest BCUT2D eigenvalue weighted by Crippen LogP contribution is -2.34. The third-order valence-electron chi connectivity index (χ3n) is 3.80. The lowest BCUT2D eigenvalue weighted by atomic mass is 10.2. The van der Waals surface area contributed by atoms with Crippen LogP contribution in [-0.4, -0.2) is 55.3 Å². The molecule has 154 valence electrons. The molecule has 0 unspecified atom stereocenters. The van der Waals surface area contributed by atoms with Crippen LogP contribution in [0.5, 0.6) is 5.75 Å². The first kappa shape index (κ1) is 22.2. The fraction of sp³-hybridized carbons (Fsp3) is 0.474. The molecule has 28 heavy (non-hydrogen) atoms. The predicted molar refractivity (Wildman–Crippen MR) is 104 cm³/mol. The summed E-state index contributed by atoms with van der Waals surface area (Å²) in [5, 5.41) is 5.33. The van der Waals surface area contributed by atoms with Crippen molar-refractivity contribution < 1.29 is 22.7 Å². The Balaban J connectivity index is 1.80. The van der Waals surface area contributed by atoms with Crippen LogP contribution in [0.15, 0.2) is 29.6 Å². The number of carbonyl (C=O) groups is 1. The van der Waals surface area contributed by atoms with Crippen molar-refractivity contribution in [3.63, 3.8) is 0 Å². The van der Waals surface area contributed by atoms with Crippen molar-refractivity contribution >= 4 is 17.2 Å². The van der Waals surface area contributed by atoms with Crippen LogP contribution in [0.3, 0.4) is 0 Å². The van der Waals surface area contributed by atoms with E-state index in [2.05, 4.69) is 10.3 Å². The summed E-state index contributed by atoms with van der Waals surface area (Å²) in [6.45, 7) is 2.09. The second-order valence-corrected chi connectivity index (χ2v) is 7.16. The summed E-state index contributed by atoms with van der Waals surface area (Å²) in [5.74, 6) is 0.548. The highest BCUT2D eigenvalue weighted by molar-refractivity contribution is 7.13. The Bertz CT molecular complexity index is 765. The molecule has 0 saturated heterocycles. The highest BCUT2D eigenvalue weighted by atomic mass is 32.1. The van der Waals surface area contributed by atoms with E-state index >= 15 is 0 Å². The van der Waals surface area contributed by atoms with Gasteiger partial charge in [-0.1, -0.05) is 12.1 Å². The van der Waals surface area contributed by atoms with E-state index in [0.29, 0.717) is 25.3 Å². The van der Waals surface area contributed by atoms with Gasteiger partial charge in [0.2, 0.25) is 5.91 Å². The maximum Gasteiger partial charge on any atom is 0.401 e. The number of halogens is 3. The molecule has 9 heteroatoms. The fourth-order valence-electron chi connectivity index (χ4n) is 2.63. The number of hydrogen-bond acceptors (Lipinski definition) is 5. The minimum absolute atomic E-state index is 0.131. The highest BCUT2D eigenvalue weighted by Crippen LogP contribution is 2.32. The van der Waals surface area contributed by atoms with Gasteiger partial charge in [-0.05, 0) is 39.1 Å². The smallest absolute Gasteiger partial charge is 0.401 e. The van der Waals surface area contributed by atoms with Gasteiger partial charge in [-0.25, -0.2) is 4.98 Å². The van der Waals surface area contributed by atoms with E-state index in [1.807, 2.05) is 36.6 Å². The monoisotopic (exact) mass is 415 g/mol. The number of nitrogens with zero attached hydrogens (tertiary/aromatic N) is 2. The lowest BCUT2D eigenvalue weighted by Gasteiger charge is -2.18. The van der Waals surface area contributed by atoms with Crippen LogP contribution < -0.4 is 10.1 Å². The molecule has 1 amide bonds. The number of hydrogen-bond donors (Lipinski definition) is 1. The average molecular weight is 415 g/mol. The number of thiazole rings is 1. The van der Waals surface area contributed by atoms with E-state index < -0.39 is 12.7 Å². The summed E-state index contributed by atoms with van der Waals surface area (Å²) in [6.07, 6.45) is -3.63. The van der Waals surface area contributed by atoms with Gasteiger partial charge in [0.05, 0.1) is 30.8 Å². The molecule has 1 heterocycles. The zero-order chi connectivity index (χ0) is 20.6. The first-order valence-electron chi connectivity index (χ1n) is 8.97. The first-order chi connectivity index (χ1) is 13.3. The van der Waals surface area contributed by atoms with E-state index in [4.69, 9.17) is 4.74 Å². The van der Waals surface area contributed by atoms with Gasteiger partial charge in [-0.3, -0.25) is 9.69 Å². The predicted octanol–water partition coefficient (Wildman–Crippen LogP) is 3.75. The van der Waals surface area contributed by atoms with Crippen LogP contribution in [0.2, 0.25) is 0 Å². The Labute approximate surface area is 166 Å². The number of ether oxygens (including phenoxy) is 1. The van der Waals surface area contributed by atoms with Gasteiger partial charge >= 0.3 is 6.18 Å². The van der Waals surface area contributed by atoms with E-state index in [1.54, 1.807) is 0 Å². The Morgan fingerprint density at radius 3 is 2.79 bits per heavy atom. The van der Waals surface area contributed by atoms with Crippen LogP contribution in [0.1, 0.15) is 19.0 Å². The number of benzene rings is 1. The Hall–Kier alpha value is -2.13. The van der Waals surface area contributed by atoms with Crippen molar-refractivity contribution in [2.75, 3.05) is 33.3 Å². The van der Waals surface area contributed by atoms with Crippen LogP contribution in [0.4, 0.5) is 13.2 Å². The number of para-hydroxylation sites is 1. The number of amides is 1. The van der Waals surface area contributed by atoms with Crippen LogP contribution in [-0.2, 0) is 11.2 Å². The zero-order valence-corrected chi connectivity index (χ0v) is 16.7. The minimum atomic E-state index is -4.21. The topological polar surface area (TPSA) is 54.5 Å². The molecule has 1 N–H and O–H groups in total. The summed E-state index contributed by atoms with van der Waals surface area (Å²) < 4.78 is 42.4. The normalized spacial score (nSPS) is 11.6. The molecule has 0 radical (unpaired) electrons. The van der Waals surface area contributed by atoms with Crippen LogP contribution >= 0.6 is 11.3 Å². The molecule has 0 aliphatic heterocycles. The number of alkyl halides is 3. The van der Waals surface area contributed by atoms with Crippen molar-refractivity contribution in [1.82, 2.24) is 15.2 Å². The highest BCUT2D eigenvalue weighted by Gasteiger charge is 2.28. The molecule has 0 atom stereocenters.